The summed E-state index contributed by atoms with van der Waals surface area (Å²) < 4.78 is 6.41. The first-order valence-corrected chi connectivity index (χ1v) is 11.8. The van der Waals surface area contributed by atoms with Crippen LogP contribution >= 0.6 is 22.7 Å². The summed E-state index contributed by atoms with van der Waals surface area (Å²) in [6, 6.07) is 9.78. The maximum Gasteiger partial charge on any atom is 0.265 e. The van der Waals surface area contributed by atoms with Crippen LogP contribution in [-0.2, 0) is 4.74 Å². The fourth-order valence-electron chi connectivity index (χ4n) is 3.33. The van der Waals surface area contributed by atoms with Crippen LogP contribution in [0.25, 0.3) is 9.53 Å². The number of fused-ring (bicyclic) bond motifs is 1. The number of thiazole rings is 1. The second-order valence-electron chi connectivity index (χ2n) is 7.30. The van der Waals surface area contributed by atoms with Crippen molar-refractivity contribution in [3.05, 3.63) is 64.8 Å². The number of ether oxygens (including phenoxy) is 1. The molecule has 1 aliphatic rings. The lowest BCUT2D eigenvalue weighted by Gasteiger charge is -2.17. The van der Waals surface area contributed by atoms with E-state index in [-0.39, 0.29) is 25.0 Å². The molecule has 0 aliphatic heterocycles. The van der Waals surface area contributed by atoms with Crippen molar-refractivity contribution in [2.24, 2.45) is 0 Å². The van der Waals surface area contributed by atoms with Crippen LogP contribution in [0.15, 0.2) is 54.3 Å². The molecule has 3 aromatic rings. The van der Waals surface area contributed by atoms with Gasteiger partial charge in [0.1, 0.15) is 17.2 Å². The number of carbonyl (C=O) groups is 1. The second-order valence-corrected chi connectivity index (χ2v) is 9.34. The molecule has 2 aromatic heterocycles. The molecule has 0 bridgehead atoms. The number of benzene rings is 1. The minimum atomic E-state index is -0.144. The number of anilines is 2. The SMILES string of the molecule is C#CCOC1=CCC(c2ccc(NC(=O)c3cc4sc(N(C)CCO)nc4s3)cc2)C=C1. The molecule has 0 spiro atoms. The zero-order valence-electron chi connectivity index (χ0n) is 17.6. The van der Waals surface area contributed by atoms with Crippen LogP contribution in [0, 0.1) is 12.3 Å². The van der Waals surface area contributed by atoms with E-state index in [0.29, 0.717) is 11.4 Å². The van der Waals surface area contributed by atoms with Gasteiger partial charge in [0.2, 0.25) is 0 Å². The average Bonchev–Trinajstić information content (AvgIpc) is 3.39. The Morgan fingerprint density at radius 2 is 2.19 bits per heavy atom. The van der Waals surface area contributed by atoms with E-state index in [9.17, 15) is 4.79 Å². The summed E-state index contributed by atoms with van der Waals surface area (Å²) in [5.74, 6) is 3.40. The molecule has 1 aliphatic carbocycles. The summed E-state index contributed by atoms with van der Waals surface area (Å²) in [4.78, 5) is 20.6. The number of amides is 1. The van der Waals surface area contributed by atoms with Gasteiger partial charge in [-0.15, -0.1) is 17.8 Å². The largest absolute Gasteiger partial charge is 0.481 e. The van der Waals surface area contributed by atoms with Gasteiger partial charge < -0.3 is 20.1 Å². The zero-order chi connectivity index (χ0) is 22.5. The Morgan fingerprint density at radius 3 is 2.84 bits per heavy atom. The second kappa shape index (κ2) is 10.0. The number of allylic oxidation sites excluding steroid dienone is 3. The number of aliphatic hydroxyl groups excluding tert-OH is 1. The zero-order valence-corrected chi connectivity index (χ0v) is 19.2. The monoisotopic (exact) mass is 465 g/mol. The Morgan fingerprint density at radius 1 is 1.38 bits per heavy atom. The van der Waals surface area contributed by atoms with Gasteiger partial charge in [0.05, 0.1) is 16.2 Å². The first-order chi connectivity index (χ1) is 15.6. The van der Waals surface area contributed by atoms with Crippen molar-refractivity contribution in [3.8, 4) is 12.3 Å². The summed E-state index contributed by atoms with van der Waals surface area (Å²) >= 11 is 2.89. The molecule has 4 rings (SSSR count). The van der Waals surface area contributed by atoms with Gasteiger partial charge in [-0.1, -0.05) is 35.5 Å². The maximum atomic E-state index is 12.7. The lowest BCUT2D eigenvalue weighted by atomic mass is 9.92. The average molecular weight is 466 g/mol. The highest BCUT2D eigenvalue weighted by atomic mass is 32.1. The summed E-state index contributed by atoms with van der Waals surface area (Å²) in [5.41, 5.74) is 1.92. The van der Waals surface area contributed by atoms with E-state index in [0.717, 1.165) is 32.5 Å². The first kappa shape index (κ1) is 22.1. The third-order valence-electron chi connectivity index (χ3n) is 5.05. The maximum absolute atomic E-state index is 12.7. The number of terminal acetylenes is 1. The van der Waals surface area contributed by atoms with Crippen LogP contribution in [0.4, 0.5) is 10.8 Å². The number of nitrogens with one attached hydrogen (secondary N) is 1. The molecule has 0 saturated carbocycles. The van der Waals surface area contributed by atoms with Gasteiger partial charge in [-0.2, -0.15) is 0 Å². The van der Waals surface area contributed by atoms with Crippen LogP contribution < -0.4 is 10.2 Å². The molecule has 0 saturated heterocycles. The molecule has 1 atom stereocenters. The van der Waals surface area contributed by atoms with Crippen molar-refractivity contribution < 1.29 is 14.6 Å². The molecule has 2 N–H and O–H groups in total. The highest BCUT2D eigenvalue weighted by molar-refractivity contribution is 7.29. The number of carbonyl (C=O) groups excluding carboxylic acids is 1. The minimum Gasteiger partial charge on any atom is -0.481 e. The first-order valence-electron chi connectivity index (χ1n) is 10.2. The van der Waals surface area contributed by atoms with Gasteiger partial charge in [-0.25, -0.2) is 4.98 Å². The van der Waals surface area contributed by atoms with Crippen LogP contribution in [0.2, 0.25) is 0 Å². The van der Waals surface area contributed by atoms with Crippen molar-refractivity contribution >= 4 is 48.9 Å². The Kier molecular flexibility index (Phi) is 6.90. The van der Waals surface area contributed by atoms with Crippen molar-refractivity contribution in [2.45, 2.75) is 12.3 Å². The van der Waals surface area contributed by atoms with Gasteiger partial charge in [0.15, 0.2) is 5.13 Å². The summed E-state index contributed by atoms with van der Waals surface area (Å²) in [7, 11) is 1.89. The molecule has 1 aromatic carbocycles. The number of likely N-dealkylation sites (N-methyl/N-ethyl adjacent to an activating group) is 1. The van der Waals surface area contributed by atoms with E-state index >= 15 is 0 Å². The van der Waals surface area contributed by atoms with E-state index in [2.05, 4.69) is 22.3 Å². The molecule has 6 nitrogen and oxygen atoms in total. The standard InChI is InChI=1S/C24H23N3O3S2/c1-3-14-30-19-10-6-17(7-11-19)16-4-8-18(9-5-16)25-22(29)20-15-21-23(31-20)26-24(32-21)27(2)12-13-28/h1,4-6,8-11,15,17,28H,7,12-14H2,2H3,(H,25,29). The molecule has 32 heavy (non-hydrogen) atoms. The highest BCUT2D eigenvalue weighted by Crippen LogP contribution is 2.34. The summed E-state index contributed by atoms with van der Waals surface area (Å²) in [5, 5.41) is 12.9. The third-order valence-corrected chi connectivity index (χ3v) is 7.32. The molecule has 0 radical (unpaired) electrons. The topological polar surface area (TPSA) is 74.7 Å². The smallest absolute Gasteiger partial charge is 0.265 e. The fraction of sp³-hybridized carbons (Fsp3) is 0.250. The van der Waals surface area contributed by atoms with Crippen LogP contribution in [0.5, 0.6) is 0 Å². The fourth-order valence-corrected chi connectivity index (χ4v) is 5.42. The molecule has 1 amide bonds. The predicted octanol–water partition coefficient (Wildman–Crippen LogP) is 4.62. The van der Waals surface area contributed by atoms with Crippen LogP contribution in [-0.4, -0.2) is 42.8 Å². The van der Waals surface area contributed by atoms with E-state index in [4.69, 9.17) is 16.3 Å². The Bertz CT molecular complexity index is 1170. The molecular formula is C24H23N3O3S2. The Hall–Kier alpha value is -3.12. The van der Waals surface area contributed by atoms with E-state index in [1.165, 1.54) is 28.2 Å². The predicted molar refractivity (Wildman–Crippen MR) is 132 cm³/mol. The quantitative estimate of drug-likeness (QED) is 0.475. The molecular weight excluding hydrogens is 442 g/mol. The number of nitrogens with zero attached hydrogens (tertiary/aromatic N) is 2. The lowest BCUT2D eigenvalue weighted by Crippen LogP contribution is -2.20. The molecule has 1 unspecified atom stereocenters. The third kappa shape index (κ3) is 5.02. The van der Waals surface area contributed by atoms with E-state index < -0.39 is 0 Å². The van der Waals surface area contributed by atoms with Gasteiger partial charge in [-0.3, -0.25) is 4.79 Å². The minimum absolute atomic E-state index is 0.0753. The normalized spacial score (nSPS) is 15.3. The molecule has 8 heteroatoms. The van der Waals surface area contributed by atoms with Gasteiger partial charge in [-0.05, 0) is 42.3 Å². The van der Waals surface area contributed by atoms with Gasteiger partial charge in [0.25, 0.3) is 5.91 Å². The van der Waals surface area contributed by atoms with Crippen LogP contribution in [0.1, 0.15) is 27.6 Å². The Balaban J connectivity index is 1.37. The van der Waals surface area contributed by atoms with Crippen LogP contribution in [0.3, 0.4) is 0 Å². The van der Waals surface area contributed by atoms with Crippen molar-refractivity contribution in [1.29, 1.82) is 0 Å². The Labute approximate surface area is 194 Å². The summed E-state index contributed by atoms with van der Waals surface area (Å²) in [6.07, 6.45) is 12.2. The lowest BCUT2D eigenvalue weighted by molar-refractivity contribution is 0.103. The van der Waals surface area contributed by atoms with Crippen molar-refractivity contribution in [2.75, 3.05) is 37.0 Å². The van der Waals surface area contributed by atoms with Crippen molar-refractivity contribution in [3.63, 3.8) is 0 Å². The van der Waals surface area contributed by atoms with Gasteiger partial charge in [0, 0.05) is 25.2 Å². The molecule has 164 valence electrons. The highest BCUT2D eigenvalue weighted by Gasteiger charge is 2.16. The number of hydrogen-bond acceptors (Lipinski definition) is 7. The van der Waals surface area contributed by atoms with E-state index in [1.54, 1.807) is 0 Å². The molecule has 2 heterocycles. The summed E-state index contributed by atoms with van der Waals surface area (Å²) in [6.45, 7) is 0.874. The number of aromatic nitrogens is 1. The molecule has 0 fully saturated rings. The number of hydrogen-bond donors (Lipinski definition) is 2. The number of aliphatic hydroxyl groups is 1. The number of thiophene rings is 1. The van der Waals surface area contributed by atoms with Crippen molar-refractivity contribution in [1.82, 2.24) is 4.98 Å². The van der Waals surface area contributed by atoms with Gasteiger partial charge >= 0.3 is 0 Å². The number of rotatable bonds is 8. The van der Waals surface area contributed by atoms with E-state index in [1.807, 2.05) is 54.4 Å².